The molecule has 2 atom stereocenters. The highest BCUT2D eigenvalue weighted by molar-refractivity contribution is 5.99. The molecule has 0 N–H and O–H groups in total. The topological polar surface area (TPSA) is 81.7 Å². The van der Waals surface area contributed by atoms with Crippen molar-refractivity contribution in [1.82, 2.24) is 34.4 Å². The average molecular weight is 508 g/mol. The second-order valence-corrected chi connectivity index (χ2v) is 9.65. The molecule has 11 heteroatoms. The monoisotopic (exact) mass is 507 g/mol. The van der Waals surface area contributed by atoms with Gasteiger partial charge in [-0.25, -0.2) is 27.8 Å². The highest BCUT2D eigenvalue weighted by Gasteiger charge is 2.42. The lowest BCUT2D eigenvalue weighted by Crippen LogP contribution is -2.49. The number of carbonyl (C=O) groups is 1. The van der Waals surface area contributed by atoms with Gasteiger partial charge in [0, 0.05) is 29.9 Å². The molecule has 2 bridgehead atoms. The number of aryl methyl sites for hydroxylation is 2. The van der Waals surface area contributed by atoms with Crippen molar-refractivity contribution in [2.75, 3.05) is 6.54 Å². The molecule has 1 fully saturated rings. The van der Waals surface area contributed by atoms with E-state index in [2.05, 4.69) is 20.0 Å². The van der Waals surface area contributed by atoms with Crippen LogP contribution in [0.1, 0.15) is 52.7 Å². The summed E-state index contributed by atoms with van der Waals surface area (Å²) in [5.74, 6) is -4.09. The zero-order valence-corrected chi connectivity index (χ0v) is 20.3. The Labute approximate surface area is 210 Å². The van der Waals surface area contributed by atoms with Crippen LogP contribution in [0.5, 0.6) is 0 Å². The molecule has 6 rings (SSSR count). The number of rotatable bonds is 5. The fraction of sp³-hybridized carbons (Fsp3) is 0.346. The molecule has 2 aliphatic rings. The van der Waals surface area contributed by atoms with Crippen molar-refractivity contribution in [3.63, 3.8) is 0 Å². The van der Waals surface area contributed by atoms with Gasteiger partial charge in [-0.1, -0.05) is 0 Å². The van der Waals surface area contributed by atoms with Crippen molar-refractivity contribution in [2.45, 2.75) is 44.7 Å². The molecule has 2 aliphatic heterocycles. The molecule has 0 aliphatic carbocycles. The Morgan fingerprint density at radius 1 is 1.14 bits per heavy atom. The molecule has 8 nitrogen and oxygen atoms in total. The first-order valence-electron chi connectivity index (χ1n) is 12.1. The Hall–Kier alpha value is -3.86. The van der Waals surface area contributed by atoms with Gasteiger partial charge in [0.15, 0.2) is 23.2 Å². The van der Waals surface area contributed by atoms with E-state index in [-0.39, 0.29) is 30.0 Å². The first-order chi connectivity index (χ1) is 17.8. The van der Waals surface area contributed by atoms with E-state index in [0.29, 0.717) is 23.5 Å². The Morgan fingerprint density at radius 2 is 1.92 bits per heavy atom. The van der Waals surface area contributed by atoms with Crippen LogP contribution in [-0.2, 0) is 13.5 Å². The van der Waals surface area contributed by atoms with E-state index < -0.39 is 17.5 Å². The second kappa shape index (κ2) is 8.91. The number of aromatic nitrogens is 6. The van der Waals surface area contributed by atoms with Crippen LogP contribution >= 0.6 is 0 Å². The average Bonchev–Trinajstić information content (AvgIpc) is 3.50. The lowest BCUT2D eigenvalue weighted by molar-refractivity contribution is 0.0559. The molecule has 1 saturated heterocycles. The molecule has 3 aromatic heterocycles. The SMILES string of the molecule is Cc1ccc(-n2cncn2)c(C(=O)CN2[C@H]3CCC[C@@H]2c2nn(C)c(-c4cc(F)c(F)c(F)c4)c2C3)n1. The van der Waals surface area contributed by atoms with E-state index in [1.807, 2.05) is 19.1 Å². The molecule has 37 heavy (non-hydrogen) atoms. The summed E-state index contributed by atoms with van der Waals surface area (Å²) in [6, 6.07) is 5.58. The Kier molecular flexibility index (Phi) is 5.67. The van der Waals surface area contributed by atoms with Gasteiger partial charge in [0.2, 0.25) is 0 Å². The molecular formula is C26H24F3N7O. The van der Waals surface area contributed by atoms with E-state index in [4.69, 9.17) is 5.10 Å². The predicted octanol–water partition coefficient (Wildman–Crippen LogP) is 4.12. The third-order valence-corrected chi connectivity index (χ3v) is 7.34. The normalized spacial score (nSPS) is 19.2. The van der Waals surface area contributed by atoms with E-state index >= 15 is 0 Å². The van der Waals surface area contributed by atoms with Gasteiger partial charge in [0.05, 0.1) is 29.7 Å². The standard InChI is InChI=1S/C26H24F3N7O/c1-14-6-7-21(36-13-30-12-31-36)25(32-14)22(37)11-35-16-4-3-5-20(35)24-17(10-16)26(34(2)33-24)15-8-18(27)23(29)19(28)9-15/h6-9,12-13,16,20H,3-5,10-11H2,1-2H3/t16-,20+/m0/s1. The molecule has 1 aromatic carbocycles. The summed E-state index contributed by atoms with van der Waals surface area (Å²) in [6.45, 7) is 1.99. The largest absolute Gasteiger partial charge is 0.291 e. The summed E-state index contributed by atoms with van der Waals surface area (Å²) < 4.78 is 44.8. The van der Waals surface area contributed by atoms with Crippen molar-refractivity contribution in [3.05, 3.63) is 77.0 Å². The Morgan fingerprint density at radius 3 is 2.65 bits per heavy atom. The molecule has 0 amide bonds. The summed E-state index contributed by atoms with van der Waals surface area (Å²) in [7, 11) is 1.72. The Balaban J connectivity index is 1.36. The smallest absolute Gasteiger partial charge is 0.197 e. The molecule has 5 heterocycles. The second-order valence-electron chi connectivity index (χ2n) is 9.65. The van der Waals surface area contributed by atoms with Crippen LogP contribution in [0.15, 0.2) is 36.9 Å². The number of hydrogen-bond donors (Lipinski definition) is 0. The summed E-state index contributed by atoms with van der Waals surface area (Å²) in [6.07, 6.45) is 6.17. The van der Waals surface area contributed by atoms with Crippen molar-refractivity contribution < 1.29 is 18.0 Å². The molecule has 0 unspecified atom stereocenters. The van der Waals surface area contributed by atoms with Crippen LogP contribution in [0.2, 0.25) is 0 Å². The van der Waals surface area contributed by atoms with E-state index in [0.717, 1.165) is 48.3 Å². The van der Waals surface area contributed by atoms with Crippen LogP contribution in [0.3, 0.4) is 0 Å². The number of Topliss-reactive ketones (excluding diaryl/α,β-unsaturated/α-hetero) is 1. The summed E-state index contributed by atoms with van der Waals surface area (Å²) in [4.78, 5) is 24.3. The summed E-state index contributed by atoms with van der Waals surface area (Å²) >= 11 is 0. The van der Waals surface area contributed by atoms with E-state index in [1.165, 1.54) is 17.3 Å². The number of pyridine rings is 1. The number of nitrogens with zero attached hydrogens (tertiary/aromatic N) is 7. The van der Waals surface area contributed by atoms with Gasteiger partial charge < -0.3 is 0 Å². The minimum absolute atomic E-state index is 0.0490. The first kappa shape index (κ1) is 23.5. The molecule has 0 saturated carbocycles. The van der Waals surface area contributed by atoms with Gasteiger partial charge in [-0.3, -0.25) is 14.4 Å². The van der Waals surface area contributed by atoms with Crippen LogP contribution in [-0.4, -0.2) is 52.8 Å². The number of benzene rings is 1. The first-order valence-corrected chi connectivity index (χ1v) is 12.1. The van der Waals surface area contributed by atoms with Crippen LogP contribution < -0.4 is 0 Å². The van der Waals surface area contributed by atoms with E-state index in [1.54, 1.807) is 11.7 Å². The number of halogens is 3. The van der Waals surface area contributed by atoms with Crippen LogP contribution in [0.4, 0.5) is 13.2 Å². The van der Waals surface area contributed by atoms with Crippen LogP contribution in [0.25, 0.3) is 16.9 Å². The van der Waals surface area contributed by atoms with Gasteiger partial charge in [-0.15, -0.1) is 0 Å². The van der Waals surface area contributed by atoms with Gasteiger partial charge in [0.1, 0.15) is 18.3 Å². The quantitative estimate of drug-likeness (QED) is 0.299. The van der Waals surface area contributed by atoms with Gasteiger partial charge in [-0.05, 0) is 56.9 Å². The number of piperidine rings is 1. The number of carbonyl (C=O) groups excluding carboxylic acids is 1. The highest BCUT2D eigenvalue weighted by Crippen LogP contribution is 2.44. The third kappa shape index (κ3) is 3.93. The van der Waals surface area contributed by atoms with Crippen molar-refractivity contribution in [2.24, 2.45) is 7.05 Å². The number of ketones is 1. The Bertz CT molecular complexity index is 1490. The molecular weight excluding hydrogens is 483 g/mol. The van der Waals surface area contributed by atoms with Crippen molar-refractivity contribution >= 4 is 5.78 Å². The fourth-order valence-corrected chi connectivity index (χ4v) is 5.74. The zero-order chi connectivity index (χ0) is 25.8. The summed E-state index contributed by atoms with van der Waals surface area (Å²) in [5, 5.41) is 8.88. The maximum atomic E-state index is 14.0. The van der Waals surface area contributed by atoms with Gasteiger partial charge >= 0.3 is 0 Å². The highest BCUT2D eigenvalue weighted by atomic mass is 19.2. The molecule has 4 aromatic rings. The van der Waals surface area contributed by atoms with Gasteiger partial charge in [0.25, 0.3) is 0 Å². The maximum Gasteiger partial charge on any atom is 0.197 e. The van der Waals surface area contributed by atoms with Gasteiger partial charge in [-0.2, -0.15) is 10.2 Å². The molecule has 0 spiro atoms. The maximum absolute atomic E-state index is 14.0. The fourth-order valence-electron chi connectivity index (χ4n) is 5.74. The lowest BCUT2D eigenvalue weighted by atomic mass is 9.81. The predicted molar refractivity (Wildman–Crippen MR) is 128 cm³/mol. The zero-order valence-electron chi connectivity index (χ0n) is 20.3. The number of hydrogen-bond acceptors (Lipinski definition) is 6. The van der Waals surface area contributed by atoms with E-state index in [9.17, 15) is 18.0 Å². The number of fused-ring (bicyclic) bond motifs is 4. The minimum atomic E-state index is -1.49. The molecule has 0 radical (unpaired) electrons. The van der Waals surface area contributed by atoms with Crippen molar-refractivity contribution in [1.29, 1.82) is 0 Å². The third-order valence-electron chi connectivity index (χ3n) is 7.34. The lowest BCUT2D eigenvalue weighted by Gasteiger charge is -2.45. The summed E-state index contributed by atoms with van der Waals surface area (Å²) in [5.41, 5.74) is 4.12. The van der Waals surface area contributed by atoms with Crippen molar-refractivity contribution in [3.8, 4) is 16.9 Å². The molecule has 190 valence electrons. The minimum Gasteiger partial charge on any atom is -0.291 e. The van der Waals surface area contributed by atoms with Crippen LogP contribution in [0, 0.1) is 24.4 Å².